The minimum absolute atomic E-state index is 0.197. The molecule has 0 saturated carbocycles. The van der Waals surface area contributed by atoms with Crippen molar-refractivity contribution in [2.24, 2.45) is 0 Å². The summed E-state index contributed by atoms with van der Waals surface area (Å²) in [5, 5.41) is 4.94. The molecule has 1 N–H and O–H groups in total. The lowest BCUT2D eigenvalue weighted by molar-refractivity contribution is -0.111. The molecule has 0 atom stereocenters. The van der Waals surface area contributed by atoms with Crippen LogP contribution in [0, 0.1) is 13.8 Å². The van der Waals surface area contributed by atoms with E-state index in [1.807, 2.05) is 57.2 Å². The Morgan fingerprint density at radius 3 is 2.69 bits per heavy atom. The molecule has 0 aliphatic carbocycles. The highest BCUT2D eigenvalue weighted by Crippen LogP contribution is 2.34. The van der Waals surface area contributed by atoms with Gasteiger partial charge >= 0.3 is 0 Å². The number of fused-ring (bicyclic) bond motifs is 2. The zero-order valence-electron chi connectivity index (χ0n) is 20.1. The van der Waals surface area contributed by atoms with Crippen LogP contribution in [0.5, 0.6) is 5.75 Å². The lowest BCUT2D eigenvalue weighted by Crippen LogP contribution is -2.08. The highest BCUT2D eigenvalue weighted by atomic mass is 32.1. The summed E-state index contributed by atoms with van der Waals surface area (Å²) in [5.74, 6) is 0.503. The molecule has 0 bridgehead atoms. The van der Waals surface area contributed by atoms with Gasteiger partial charge in [0.25, 0.3) is 0 Å². The molecule has 0 spiro atoms. The zero-order chi connectivity index (χ0) is 24.5. The molecule has 0 aliphatic heterocycles. The number of aryl methyl sites for hydroxylation is 2. The molecule has 0 unspecified atom stereocenters. The van der Waals surface area contributed by atoms with E-state index in [0.29, 0.717) is 12.4 Å². The lowest BCUT2D eigenvalue weighted by Gasteiger charge is -2.11. The first kappa shape index (κ1) is 22.9. The van der Waals surface area contributed by atoms with Crippen molar-refractivity contribution in [1.29, 1.82) is 0 Å². The number of nitrogens with zero attached hydrogens (tertiary/aromatic N) is 1. The van der Waals surface area contributed by atoms with Gasteiger partial charge in [0.15, 0.2) is 0 Å². The number of amides is 1. The van der Waals surface area contributed by atoms with Gasteiger partial charge in [-0.3, -0.25) is 4.79 Å². The number of ether oxygens (including phenoxy) is 1. The summed E-state index contributed by atoms with van der Waals surface area (Å²) in [7, 11) is 0. The van der Waals surface area contributed by atoms with Crippen LogP contribution < -0.4 is 10.1 Å². The molecular weight excluding hydrogens is 456 g/mol. The maximum absolute atomic E-state index is 12.8. The predicted octanol–water partition coefficient (Wildman–Crippen LogP) is 7.77. The maximum Gasteiger partial charge on any atom is 0.248 e. The summed E-state index contributed by atoms with van der Waals surface area (Å²) in [4.78, 5) is 17.5. The highest BCUT2D eigenvalue weighted by Gasteiger charge is 2.13. The molecule has 3 aromatic carbocycles. The van der Waals surface area contributed by atoms with E-state index in [-0.39, 0.29) is 5.91 Å². The summed E-state index contributed by atoms with van der Waals surface area (Å²) >= 11 is 1.67. The third-order valence-electron chi connectivity index (χ3n) is 5.88. The van der Waals surface area contributed by atoms with Crippen molar-refractivity contribution in [3.63, 3.8) is 0 Å². The Morgan fingerprint density at radius 1 is 1.11 bits per heavy atom. The van der Waals surface area contributed by atoms with Gasteiger partial charge in [0.2, 0.25) is 5.91 Å². The van der Waals surface area contributed by atoms with E-state index in [1.54, 1.807) is 23.7 Å². The van der Waals surface area contributed by atoms with Crippen LogP contribution >= 0.6 is 11.3 Å². The Labute approximate surface area is 208 Å². The minimum Gasteiger partial charge on any atom is -0.493 e. The number of nitrogens with one attached hydrogen (secondary N) is 1. The second-order valence-corrected chi connectivity index (χ2v) is 9.61. The van der Waals surface area contributed by atoms with Crippen LogP contribution in [0.4, 0.5) is 5.69 Å². The third-order valence-corrected chi connectivity index (χ3v) is 6.95. The molecule has 0 fully saturated rings. The molecule has 5 rings (SSSR count). The van der Waals surface area contributed by atoms with Gasteiger partial charge in [0.05, 0.1) is 23.1 Å². The van der Waals surface area contributed by atoms with E-state index in [4.69, 9.17) is 14.1 Å². The first-order chi connectivity index (χ1) is 16.9. The van der Waals surface area contributed by atoms with E-state index < -0.39 is 0 Å². The van der Waals surface area contributed by atoms with Crippen molar-refractivity contribution in [1.82, 2.24) is 4.98 Å². The van der Waals surface area contributed by atoms with Gasteiger partial charge in [0, 0.05) is 34.3 Å². The molecule has 176 valence electrons. The van der Waals surface area contributed by atoms with Gasteiger partial charge in [0.1, 0.15) is 16.3 Å². The van der Waals surface area contributed by atoms with Gasteiger partial charge in [-0.15, -0.1) is 11.3 Å². The van der Waals surface area contributed by atoms with E-state index in [1.165, 1.54) is 10.3 Å². The minimum atomic E-state index is -0.197. The normalized spacial score (nSPS) is 11.8. The largest absolute Gasteiger partial charge is 0.493 e. The third kappa shape index (κ3) is 4.70. The van der Waals surface area contributed by atoms with Crippen LogP contribution in [0.1, 0.15) is 30.5 Å². The van der Waals surface area contributed by atoms with Gasteiger partial charge in [-0.25, -0.2) is 4.98 Å². The van der Waals surface area contributed by atoms with Crippen molar-refractivity contribution < 1.29 is 13.9 Å². The Balaban J connectivity index is 1.35. The molecule has 35 heavy (non-hydrogen) atoms. The van der Waals surface area contributed by atoms with Gasteiger partial charge in [-0.05, 0) is 86.9 Å². The van der Waals surface area contributed by atoms with Crippen LogP contribution in [-0.4, -0.2) is 17.5 Å². The highest BCUT2D eigenvalue weighted by molar-refractivity contribution is 7.21. The average molecular weight is 483 g/mol. The maximum atomic E-state index is 12.8. The summed E-state index contributed by atoms with van der Waals surface area (Å²) in [5.41, 5.74) is 7.49. The van der Waals surface area contributed by atoms with Crippen LogP contribution in [0.3, 0.4) is 0 Å². The number of hydrogen-bond donors (Lipinski definition) is 1. The fraction of sp³-hybridized carbons (Fsp3) is 0.172. The number of aromatic nitrogens is 1. The van der Waals surface area contributed by atoms with Crippen molar-refractivity contribution in [2.75, 3.05) is 11.9 Å². The number of benzene rings is 3. The number of carbonyl (C=O) groups excluding carboxylic acids is 1. The smallest absolute Gasteiger partial charge is 0.248 e. The summed E-state index contributed by atoms with van der Waals surface area (Å²) < 4.78 is 12.6. The number of rotatable bonds is 6. The monoisotopic (exact) mass is 482 g/mol. The molecule has 1 amide bonds. The van der Waals surface area contributed by atoms with E-state index in [9.17, 15) is 4.79 Å². The second kappa shape index (κ2) is 9.39. The molecule has 5 nitrogen and oxygen atoms in total. The average Bonchev–Trinajstić information content (AvgIpc) is 3.42. The zero-order valence-corrected chi connectivity index (χ0v) is 21.0. The molecule has 0 saturated heterocycles. The van der Waals surface area contributed by atoms with Crippen LogP contribution in [-0.2, 0) is 4.79 Å². The predicted molar refractivity (Wildman–Crippen MR) is 144 cm³/mol. The number of thiazole rings is 1. The Morgan fingerprint density at radius 2 is 1.91 bits per heavy atom. The number of allylic oxidation sites excluding steroid dienone is 1. The van der Waals surface area contributed by atoms with E-state index >= 15 is 0 Å². The second-order valence-electron chi connectivity index (χ2n) is 8.58. The Bertz CT molecular complexity index is 1580. The van der Waals surface area contributed by atoms with Crippen LogP contribution in [0.2, 0.25) is 0 Å². The van der Waals surface area contributed by atoms with Crippen LogP contribution in [0.15, 0.2) is 71.4 Å². The van der Waals surface area contributed by atoms with E-state index in [2.05, 4.69) is 30.4 Å². The molecule has 0 aliphatic rings. The Kier molecular flexibility index (Phi) is 6.14. The Hall–Kier alpha value is -3.90. The fourth-order valence-electron chi connectivity index (χ4n) is 4.07. The number of carbonyl (C=O) groups is 1. The van der Waals surface area contributed by atoms with Crippen molar-refractivity contribution in [3.8, 4) is 16.3 Å². The number of hydrogen-bond acceptors (Lipinski definition) is 5. The summed E-state index contributed by atoms with van der Waals surface area (Å²) in [6, 6.07) is 18.0. The van der Waals surface area contributed by atoms with Crippen LogP contribution in [0.25, 0.3) is 37.3 Å². The van der Waals surface area contributed by atoms with Gasteiger partial charge in [-0.1, -0.05) is 6.07 Å². The van der Waals surface area contributed by atoms with Gasteiger partial charge in [-0.2, -0.15) is 0 Å². The molecule has 2 aromatic heterocycles. The SMILES string of the molecule is CCOc1cc2occ(C)c2cc1/C(C)=C/C(=O)Nc1ccc(-c2nc3ccc(C)cc3s2)cc1. The fourth-order valence-corrected chi connectivity index (χ4v) is 5.14. The molecular formula is C29H26N2O3S. The number of furan rings is 1. The molecule has 5 aromatic rings. The molecule has 6 heteroatoms. The first-order valence-electron chi connectivity index (χ1n) is 11.5. The van der Waals surface area contributed by atoms with E-state index in [0.717, 1.165) is 49.4 Å². The molecule has 2 heterocycles. The number of anilines is 1. The van der Waals surface area contributed by atoms with Crippen molar-refractivity contribution in [3.05, 3.63) is 83.6 Å². The van der Waals surface area contributed by atoms with Gasteiger partial charge < -0.3 is 14.5 Å². The lowest BCUT2D eigenvalue weighted by atomic mass is 10.0. The molecule has 0 radical (unpaired) electrons. The van der Waals surface area contributed by atoms with Crippen molar-refractivity contribution in [2.45, 2.75) is 27.7 Å². The first-order valence-corrected chi connectivity index (χ1v) is 12.3. The topological polar surface area (TPSA) is 64.4 Å². The standard InChI is InChI=1S/C29H26N2O3S/c1-5-33-25-15-26-23(19(4)16-34-26)14-22(25)18(3)13-28(32)30-21-9-7-20(8-10-21)29-31-24-11-6-17(2)12-27(24)35-29/h6-16H,5H2,1-4H3,(H,30,32)/b18-13+. The summed E-state index contributed by atoms with van der Waals surface area (Å²) in [6.45, 7) is 8.46. The summed E-state index contributed by atoms with van der Waals surface area (Å²) in [6.07, 6.45) is 3.33. The van der Waals surface area contributed by atoms with Crippen molar-refractivity contribution >= 4 is 49.7 Å². The quantitative estimate of drug-likeness (QED) is 0.251.